The Kier molecular flexibility index (Phi) is 2.26. The van der Waals surface area contributed by atoms with Crippen molar-refractivity contribution in [2.75, 3.05) is 0 Å². The topological polar surface area (TPSA) is 17.1 Å². The normalized spacial score (nSPS) is 18.6. The molecule has 0 saturated heterocycles. The Balaban J connectivity index is 2.44. The first-order valence-corrected chi connectivity index (χ1v) is 4.64. The number of rotatable bonds is 0. The van der Waals surface area contributed by atoms with E-state index in [0.717, 1.165) is 24.0 Å². The van der Waals surface area contributed by atoms with Crippen molar-refractivity contribution in [1.82, 2.24) is 0 Å². The Labute approximate surface area is 78.1 Å². The number of allylic oxidation sites excluding steroid dienone is 2. The maximum atomic E-state index is 11.6. The number of hydrogen-bond donors (Lipinski definition) is 0. The first-order valence-electron chi connectivity index (χ1n) is 4.64. The fraction of sp³-hybridized carbons (Fsp3) is 0.250. The van der Waals surface area contributed by atoms with E-state index < -0.39 is 0 Å². The summed E-state index contributed by atoms with van der Waals surface area (Å²) in [5.74, 6) is 0.278. The average molecular weight is 172 g/mol. The molecule has 0 fully saturated rings. The fourth-order valence-corrected chi connectivity index (χ4v) is 1.65. The van der Waals surface area contributed by atoms with Gasteiger partial charge in [0, 0.05) is 12.0 Å². The van der Waals surface area contributed by atoms with Crippen LogP contribution in [0.25, 0.3) is 0 Å². The number of hydrogen-bond acceptors (Lipinski definition) is 1. The van der Waals surface area contributed by atoms with Crippen molar-refractivity contribution in [3.05, 3.63) is 47.5 Å². The van der Waals surface area contributed by atoms with E-state index in [4.69, 9.17) is 0 Å². The minimum Gasteiger partial charge on any atom is -0.294 e. The van der Waals surface area contributed by atoms with Crippen LogP contribution in [-0.4, -0.2) is 5.78 Å². The third-order valence-electron chi connectivity index (χ3n) is 2.36. The Bertz CT molecular complexity index is 350. The average Bonchev–Trinajstić information content (AvgIpc) is 2.14. The lowest BCUT2D eigenvalue weighted by atomic mass is 9.96. The highest BCUT2D eigenvalue weighted by atomic mass is 16.1. The molecule has 0 bridgehead atoms. The van der Waals surface area contributed by atoms with E-state index >= 15 is 0 Å². The number of carbonyl (C=O) groups is 1. The van der Waals surface area contributed by atoms with E-state index in [0.29, 0.717) is 6.42 Å². The molecule has 0 heterocycles. The smallest absolute Gasteiger partial charge is 0.163 e. The standard InChI is InChI=1S/C12H12O/c13-12-9-3-1-2-6-10-7-4-5-8-11(10)12/h1-2,4-5,7-8H,3,6,9H2/b2-1-. The zero-order chi connectivity index (χ0) is 9.10. The molecule has 0 unspecified atom stereocenters. The van der Waals surface area contributed by atoms with Crippen molar-refractivity contribution in [2.24, 2.45) is 0 Å². The molecule has 0 N–H and O–H groups in total. The first kappa shape index (κ1) is 8.24. The summed E-state index contributed by atoms with van der Waals surface area (Å²) in [6.45, 7) is 0. The van der Waals surface area contributed by atoms with Gasteiger partial charge in [0.05, 0.1) is 0 Å². The van der Waals surface area contributed by atoms with Gasteiger partial charge in [-0.15, -0.1) is 0 Å². The van der Waals surface area contributed by atoms with Crippen molar-refractivity contribution in [2.45, 2.75) is 19.3 Å². The molecule has 0 amide bonds. The van der Waals surface area contributed by atoms with E-state index in [1.54, 1.807) is 0 Å². The van der Waals surface area contributed by atoms with Gasteiger partial charge in [-0.05, 0) is 18.4 Å². The zero-order valence-electron chi connectivity index (χ0n) is 7.49. The molecule has 0 saturated carbocycles. The Morgan fingerprint density at radius 1 is 1.08 bits per heavy atom. The molecule has 2 rings (SSSR count). The number of benzene rings is 1. The minimum atomic E-state index is 0.278. The SMILES string of the molecule is O=C1CC/C=C\Cc2ccccc21. The van der Waals surface area contributed by atoms with Crippen molar-refractivity contribution in [3.63, 3.8) is 0 Å². The second kappa shape index (κ2) is 3.56. The van der Waals surface area contributed by atoms with Crippen LogP contribution in [0.15, 0.2) is 36.4 Å². The summed E-state index contributed by atoms with van der Waals surface area (Å²) in [6, 6.07) is 7.88. The van der Waals surface area contributed by atoms with Crippen LogP contribution in [0.5, 0.6) is 0 Å². The molecule has 0 spiro atoms. The summed E-state index contributed by atoms with van der Waals surface area (Å²) in [6.07, 6.45) is 6.65. The molecule has 13 heavy (non-hydrogen) atoms. The van der Waals surface area contributed by atoms with E-state index in [-0.39, 0.29) is 5.78 Å². The largest absolute Gasteiger partial charge is 0.294 e. The second-order valence-corrected chi connectivity index (χ2v) is 3.29. The maximum Gasteiger partial charge on any atom is 0.163 e. The lowest BCUT2D eigenvalue weighted by molar-refractivity contribution is 0.0982. The van der Waals surface area contributed by atoms with Crippen LogP contribution < -0.4 is 0 Å². The van der Waals surface area contributed by atoms with Crippen LogP contribution in [0.4, 0.5) is 0 Å². The van der Waals surface area contributed by atoms with Crippen LogP contribution in [0.2, 0.25) is 0 Å². The minimum absolute atomic E-state index is 0.278. The second-order valence-electron chi connectivity index (χ2n) is 3.29. The highest BCUT2D eigenvalue weighted by Crippen LogP contribution is 2.16. The third kappa shape index (κ3) is 1.69. The van der Waals surface area contributed by atoms with E-state index in [2.05, 4.69) is 12.2 Å². The lowest BCUT2D eigenvalue weighted by Gasteiger charge is -2.08. The van der Waals surface area contributed by atoms with Gasteiger partial charge >= 0.3 is 0 Å². The molecule has 1 aromatic carbocycles. The molecular formula is C12H12O. The Hall–Kier alpha value is -1.37. The van der Waals surface area contributed by atoms with Gasteiger partial charge in [-0.1, -0.05) is 36.4 Å². The maximum absolute atomic E-state index is 11.6. The van der Waals surface area contributed by atoms with Gasteiger partial charge in [-0.3, -0.25) is 4.79 Å². The quantitative estimate of drug-likeness (QED) is 0.550. The molecule has 66 valence electrons. The zero-order valence-corrected chi connectivity index (χ0v) is 7.49. The molecule has 1 aliphatic rings. The van der Waals surface area contributed by atoms with Crippen LogP contribution in [-0.2, 0) is 6.42 Å². The summed E-state index contributed by atoms with van der Waals surface area (Å²) < 4.78 is 0. The predicted octanol–water partition coefficient (Wildman–Crippen LogP) is 2.76. The van der Waals surface area contributed by atoms with Crippen molar-refractivity contribution >= 4 is 5.78 Å². The van der Waals surface area contributed by atoms with Crippen LogP contribution in [0.1, 0.15) is 28.8 Å². The Morgan fingerprint density at radius 2 is 1.92 bits per heavy atom. The molecule has 0 radical (unpaired) electrons. The van der Waals surface area contributed by atoms with Gasteiger partial charge in [-0.25, -0.2) is 0 Å². The number of ketones is 1. The van der Waals surface area contributed by atoms with Crippen molar-refractivity contribution < 1.29 is 4.79 Å². The third-order valence-corrected chi connectivity index (χ3v) is 2.36. The molecular weight excluding hydrogens is 160 g/mol. The summed E-state index contributed by atoms with van der Waals surface area (Å²) in [7, 11) is 0. The van der Waals surface area contributed by atoms with Crippen LogP contribution >= 0.6 is 0 Å². The summed E-state index contributed by atoms with van der Waals surface area (Å²) in [4.78, 5) is 11.6. The number of carbonyl (C=O) groups excluding carboxylic acids is 1. The van der Waals surface area contributed by atoms with Gasteiger partial charge in [0.25, 0.3) is 0 Å². The highest BCUT2D eigenvalue weighted by Gasteiger charge is 2.10. The van der Waals surface area contributed by atoms with Crippen molar-refractivity contribution in [3.8, 4) is 0 Å². The molecule has 1 aliphatic carbocycles. The molecule has 1 nitrogen and oxygen atoms in total. The molecule has 1 aromatic rings. The first-order chi connectivity index (χ1) is 6.38. The van der Waals surface area contributed by atoms with Crippen LogP contribution in [0.3, 0.4) is 0 Å². The predicted molar refractivity (Wildman–Crippen MR) is 52.9 cm³/mol. The number of Topliss-reactive ketones (excluding diaryl/α,β-unsaturated/α-hetero) is 1. The summed E-state index contributed by atoms with van der Waals surface area (Å²) >= 11 is 0. The fourth-order valence-electron chi connectivity index (χ4n) is 1.65. The van der Waals surface area contributed by atoms with Crippen LogP contribution in [0, 0.1) is 0 Å². The molecule has 0 atom stereocenters. The monoisotopic (exact) mass is 172 g/mol. The summed E-state index contributed by atoms with van der Waals surface area (Å²) in [5.41, 5.74) is 2.07. The number of fused-ring (bicyclic) bond motifs is 1. The van der Waals surface area contributed by atoms with Gasteiger partial charge in [-0.2, -0.15) is 0 Å². The van der Waals surface area contributed by atoms with Crippen molar-refractivity contribution in [1.29, 1.82) is 0 Å². The van der Waals surface area contributed by atoms with E-state index in [9.17, 15) is 4.79 Å². The van der Waals surface area contributed by atoms with Gasteiger partial charge in [0.2, 0.25) is 0 Å². The molecule has 0 aromatic heterocycles. The highest BCUT2D eigenvalue weighted by molar-refractivity contribution is 5.97. The van der Waals surface area contributed by atoms with Gasteiger partial charge < -0.3 is 0 Å². The van der Waals surface area contributed by atoms with Gasteiger partial charge in [0.1, 0.15) is 0 Å². The lowest BCUT2D eigenvalue weighted by Crippen LogP contribution is -2.04. The van der Waals surface area contributed by atoms with E-state index in [1.165, 1.54) is 0 Å². The molecule has 0 aliphatic heterocycles. The van der Waals surface area contributed by atoms with Gasteiger partial charge in [0.15, 0.2) is 5.78 Å². The summed E-state index contributed by atoms with van der Waals surface area (Å²) in [5, 5.41) is 0. The van der Waals surface area contributed by atoms with E-state index in [1.807, 2.05) is 24.3 Å². The molecule has 1 heteroatoms. The Morgan fingerprint density at radius 3 is 2.85 bits per heavy atom.